The number of hydrogen-bond donors (Lipinski definition) is 1. The molecule has 1 aromatic rings. The highest BCUT2D eigenvalue weighted by Gasteiger charge is 2.32. The van der Waals surface area contributed by atoms with Gasteiger partial charge in [0.2, 0.25) is 11.8 Å². The van der Waals surface area contributed by atoms with Crippen LogP contribution in [0.5, 0.6) is 5.75 Å². The highest BCUT2D eigenvalue weighted by molar-refractivity contribution is 5.87. The molecule has 2 atom stereocenters. The predicted molar refractivity (Wildman–Crippen MR) is 79.6 cm³/mol. The highest BCUT2D eigenvalue weighted by atomic mass is 16.5. The average Bonchev–Trinajstić information content (AvgIpc) is 2.95. The first-order chi connectivity index (χ1) is 10.6. The van der Waals surface area contributed by atoms with Crippen molar-refractivity contribution < 1.29 is 19.1 Å². The lowest BCUT2D eigenvalue weighted by atomic mass is 10.1. The zero-order chi connectivity index (χ0) is 15.5. The van der Waals surface area contributed by atoms with E-state index in [9.17, 15) is 9.59 Å². The zero-order valence-electron chi connectivity index (χ0n) is 12.6. The lowest BCUT2D eigenvalue weighted by molar-refractivity contribution is -0.147. The van der Waals surface area contributed by atoms with E-state index in [2.05, 4.69) is 5.32 Å². The van der Waals surface area contributed by atoms with E-state index in [-0.39, 0.29) is 24.5 Å². The van der Waals surface area contributed by atoms with Crippen molar-refractivity contribution in [2.45, 2.75) is 25.5 Å². The summed E-state index contributed by atoms with van der Waals surface area (Å²) in [4.78, 5) is 25.4. The fourth-order valence-corrected chi connectivity index (χ4v) is 2.90. The Bertz CT molecular complexity index is 550. The summed E-state index contributed by atoms with van der Waals surface area (Å²) in [6.45, 7) is 3.08. The minimum atomic E-state index is -0.546. The maximum absolute atomic E-state index is 12.3. The van der Waals surface area contributed by atoms with Crippen molar-refractivity contribution in [1.82, 2.24) is 10.2 Å². The van der Waals surface area contributed by atoms with Crippen molar-refractivity contribution in [1.29, 1.82) is 0 Å². The summed E-state index contributed by atoms with van der Waals surface area (Å²) in [7, 11) is 0. The Balaban J connectivity index is 1.53. The molecule has 0 aliphatic carbocycles. The molecular weight excluding hydrogens is 284 g/mol. The van der Waals surface area contributed by atoms with Crippen LogP contribution in [0.1, 0.15) is 12.5 Å². The quantitative estimate of drug-likeness (QED) is 0.875. The number of rotatable bonds is 3. The zero-order valence-corrected chi connectivity index (χ0v) is 12.6. The Morgan fingerprint density at radius 3 is 2.95 bits per heavy atom. The monoisotopic (exact) mass is 304 g/mol. The van der Waals surface area contributed by atoms with Crippen molar-refractivity contribution in [3.05, 3.63) is 29.8 Å². The number of morpholine rings is 1. The number of nitrogens with one attached hydrogen (secondary N) is 1. The highest BCUT2D eigenvalue weighted by Crippen LogP contribution is 2.27. The standard InChI is InChI=1S/C16H20N2O4/c1-11(19)18-6-7-21-10-14(18)16(20)17-9-13-8-12-4-2-3-5-15(12)22-13/h2-5,13-14H,6-10H2,1H3,(H,17,20)/t13-,14-/m1/s1. The summed E-state index contributed by atoms with van der Waals surface area (Å²) in [5, 5.41) is 2.88. The average molecular weight is 304 g/mol. The Labute approximate surface area is 129 Å². The number of amides is 2. The predicted octanol–water partition coefficient (Wildman–Crippen LogP) is 0.354. The minimum Gasteiger partial charge on any atom is -0.488 e. The van der Waals surface area contributed by atoms with Crippen LogP contribution in [-0.4, -0.2) is 55.2 Å². The summed E-state index contributed by atoms with van der Waals surface area (Å²) >= 11 is 0. The number of para-hydroxylation sites is 1. The number of fused-ring (bicyclic) bond motifs is 1. The normalized spacial score (nSPS) is 23.6. The molecule has 0 radical (unpaired) electrons. The fraction of sp³-hybridized carbons (Fsp3) is 0.500. The van der Waals surface area contributed by atoms with E-state index in [1.54, 1.807) is 4.90 Å². The Hall–Kier alpha value is -2.08. The number of ether oxygens (including phenoxy) is 2. The molecule has 1 fully saturated rings. The third-order valence-corrected chi connectivity index (χ3v) is 4.05. The summed E-state index contributed by atoms with van der Waals surface area (Å²) in [5.74, 6) is 0.593. The van der Waals surface area contributed by atoms with Crippen LogP contribution in [0.3, 0.4) is 0 Å². The van der Waals surface area contributed by atoms with Gasteiger partial charge in [-0.3, -0.25) is 9.59 Å². The van der Waals surface area contributed by atoms with Crippen LogP contribution < -0.4 is 10.1 Å². The van der Waals surface area contributed by atoms with E-state index in [4.69, 9.17) is 9.47 Å². The number of hydrogen-bond acceptors (Lipinski definition) is 4. The largest absolute Gasteiger partial charge is 0.488 e. The molecule has 2 aliphatic heterocycles. The second-order valence-electron chi connectivity index (χ2n) is 5.60. The maximum atomic E-state index is 12.3. The third kappa shape index (κ3) is 3.06. The van der Waals surface area contributed by atoms with Gasteiger partial charge in [-0.1, -0.05) is 18.2 Å². The molecular formula is C16H20N2O4. The van der Waals surface area contributed by atoms with Crippen LogP contribution in [0.4, 0.5) is 0 Å². The Morgan fingerprint density at radius 2 is 2.18 bits per heavy atom. The Morgan fingerprint density at radius 1 is 1.36 bits per heavy atom. The topological polar surface area (TPSA) is 67.9 Å². The number of benzene rings is 1. The molecule has 6 heteroatoms. The van der Waals surface area contributed by atoms with Crippen LogP contribution in [0.2, 0.25) is 0 Å². The molecule has 2 amide bonds. The smallest absolute Gasteiger partial charge is 0.245 e. The van der Waals surface area contributed by atoms with Crippen molar-refractivity contribution in [3.8, 4) is 5.75 Å². The van der Waals surface area contributed by atoms with Crippen LogP contribution in [0.15, 0.2) is 24.3 Å². The first kappa shape index (κ1) is 14.8. The van der Waals surface area contributed by atoms with E-state index in [1.807, 2.05) is 24.3 Å². The summed E-state index contributed by atoms with van der Waals surface area (Å²) < 4.78 is 11.1. The molecule has 0 saturated carbocycles. The SMILES string of the molecule is CC(=O)N1CCOC[C@@H]1C(=O)NC[C@H]1Cc2ccccc2O1. The van der Waals surface area contributed by atoms with Gasteiger partial charge in [0.25, 0.3) is 0 Å². The second kappa shape index (κ2) is 6.36. The third-order valence-electron chi connectivity index (χ3n) is 4.05. The van der Waals surface area contributed by atoms with Crippen molar-refractivity contribution in [3.63, 3.8) is 0 Å². The van der Waals surface area contributed by atoms with E-state index >= 15 is 0 Å². The summed E-state index contributed by atoms with van der Waals surface area (Å²) in [5.41, 5.74) is 1.16. The van der Waals surface area contributed by atoms with Gasteiger partial charge >= 0.3 is 0 Å². The van der Waals surface area contributed by atoms with Crippen LogP contribution >= 0.6 is 0 Å². The second-order valence-corrected chi connectivity index (χ2v) is 5.60. The lowest BCUT2D eigenvalue weighted by Gasteiger charge is -2.33. The van der Waals surface area contributed by atoms with Gasteiger partial charge in [0.1, 0.15) is 17.9 Å². The van der Waals surface area contributed by atoms with Crippen molar-refractivity contribution in [2.24, 2.45) is 0 Å². The van der Waals surface area contributed by atoms with E-state index in [0.29, 0.717) is 19.7 Å². The first-order valence-corrected chi connectivity index (χ1v) is 7.52. The van der Waals surface area contributed by atoms with Gasteiger partial charge < -0.3 is 19.7 Å². The van der Waals surface area contributed by atoms with Crippen molar-refractivity contribution >= 4 is 11.8 Å². The summed E-state index contributed by atoms with van der Waals surface area (Å²) in [6, 6.07) is 7.33. The van der Waals surface area contributed by atoms with Gasteiger partial charge in [-0.05, 0) is 11.6 Å². The molecule has 6 nitrogen and oxygen atoms in total. The van der Waals surface area contributed by atoms with Crippen LogP contribution in [-0.2, 0) is 20.7 Å². The number of nitrogens with zero attached hydrogens (tertiary/aromatic N) is 1. The first-order valence-electron chi connectivity index (χ1n) is 7.52. The molecule has 2 heterocycles. The molecule has 3 rings (SSSR count). The molecule has 22 heavy (non-hydrogen) atoms. The van der Waals surface area contributed by atoms with Gasteiger partial charge in [-0.15, -0.1) is 0 Å². The minimum absolute atomic E-state index is 0.0587. The van der Waals surface area contributed by atoms with Gasteiger partial charge in [-0.25, -0.2) is 0 Å². The molecule has 0 spiro atoms. The molecule has 2 aliphatic rings. The van der Waals surface area contributed by atoms with Gasteiger partial charge in [0, 0.05) is 19.9 Å². The summed E-state index contributed by atoms with van der Waals surface area (Å²) in [6.07, 6.45) is 0.727. The number of carbonyl (C=O) groups is 2. The van der Waals surface area contributed by atoms with E-state index < -0.39 is 6.04 Å². The molecule has 0 unspecified atom stereocenters. The van der Waals surface area contributed by atoms with E-state index in [0.717, 1.165) is 17.7 Å². The molecule has 118 valence electrons. The van der Waals surface area contributed by atoms with Gasteiger partial charge in [0.15, 0.2) is 0 Å². The molecule has 0 bridgehead atoms. The van der Waals surface area contributed by atoms with Gasteiger partial charge in [-0.2, -0.15) is 0 Å². The van der Waals surface area contributed by atoms with Crippen LogP contribution in [0.25, 0.3) is 0 Å². The molecule has 0 aromatic heterocycles. The molecule has 1 saturated heterocycles. The maximum Gasteiger partial charge on any atom is 0.245 e. The molecule has 1 N–H and O–H groups in total. The van der Waals surface area contributed by atoms with Crippen molar-refractivity contribution in [2.75, 3.05) is 26.3 Å². The van der Waals surface area contributed by atoms with E-state index in [1.165, 1.54) is 6.92 Å². The fourth-order valence-electron chi connectivity index (χ4n) is 2.90. The van der Waals surface area contributed by atoms with Gasteiger partial charge in [0.05, 0.1) is 19.8 Å². The van der Waals surface area contributed by atoms with Crippen LogP contribution in [0, 0.1) is 0 Å². The number of carbonyl (C=O) groups excluding carboxylic acids is 2. The Kier molecular flexibility index (Phi) is 4.29. The molecule has 1 aromatic carbocycles. The lowest BCUT2D eigenvalue weighted by Crippen LogP contribution is -2.56.